The molecule has 0 fully saturated rings. The number of halogens is 1. The van der Waals surface area contributed by atoms with Gasteiger partial charge in [0.25, 0.3) is 0 Å². The molecule has 242 valence electrons. The molecule has 0 saturated carbocycles. The van der Waals surface area contributed by atoms with Crippen LogP contribution < -0.4 is 4.74 Å². The molecular formula is C47H31FN2O. The van der Waals surface area contributed by atoms with Gasteiger partial charge in [-0.25, -0.2) is 14.4 Å². The molecule has 0 saturated heterocycles. The van der Waals surface area contributed by atoms with Gasteiger partial charge in [0, 0.05) is 38.9 Å². The Labute approximate surface area is 296 Å². The number of nitrogens with zero attached hydrogens (tertiary/aromatic N) is 2. The Kier molecular flexibility index (Phi) is 7.55. The van der Waals surface area contributed by atoms with Gasteiger partial charge in [-0.3, -0.25) is 0 Å². The van der Waals surface area contributed by atoms with Crippen LogP contribution in [0, 0.1) is 5.82 Å². The second-order valence-electron chi connectivity index (χ2n) is 12.7. The molecule has 0 bridgehead atoms. The molecule has 0 spiro atoms. The van der Waals surface area contributed by atoms with E-state index in [-0.39, 0.29) is 5.82 Å². The molecule has 51 heavy (non-hydrogen) atoms. The molecule has 0 radical (unpaired) electrons. The Morgan fingerprint density at radius 3 is 1.63 bits per heavy atom. The molecule has 9 rings (SSSR count). The minimum absolute atomic E-state index is 0.351. The summed E-state index contributed by atoms with van der Waals surface area (Å²) in [6, 6.07) is 62.2. The largest absolute Gasteiger partial charge is 0.472 e. The number of ether oxygens (including phenoxy) is 1. The third kappa shape index (κ3) is 5.48. The molecule has 2 heterocycles. The van der Waals surface area contributed by atoms with Crippen LogP contribution >= 0.6 is 0 Å². The van der Waals surface area contributed by atoms with Crippen molar-refractivity contribution in [3.8, 4) is 61.9 Å². The first-order valence-electron chi connectivity index (χ1n) is 17.0. The third-order valence-electron chi connectivity index (χ3n) is 9.56. The van der Waals surface area contributed by atoms with Gasteiger partial charge in [0.2, 0.25) is 0 Å². The Morgan fingerprint density at radius 1 is 0.412 bits per heavy atom. The minimum atomic E-state index is -0.888. The van der Waals surface area contributed by atoms with Gasteiger partial charge in [0.1, 0.15) is 11.6 Å². The van der Waals surface area contributed by atoms with E-state index in [1.54, 1.807) is 6.07 Å². The van der Waals surface area contributed by atoms with Crippen LogP contribution in [0.2, 0.25) is 0 Å². The van der Waals surface area contributed by atoms with E-state index in [0.29, 0.717) is 17.1 Å². The summed E-state index contributed by atoms with van der Waals surface area (Å²) in [5, 5.41) is 0. The predicted molar refractivity (Wildman–Crippen MR) is 203 cm³/mol. The van der Waals surface area contributed by atoms with Crippen molar-refractivity contribution in [1.29, 1.82) is 0 Å². The highest BCUT2D eigenvalue weighted by Crippen LogP contribution is 2.52. The zero-order valence-electron chi connectivity index (χ0n) is 27.6. The molecule has 0 unspecified atom stereocenters. The van der Waals surface area contributed by atoms with Crippen molar-refractivity contribution in [3.05, 3.63) is 211 Å². The number of benzene rings is 7. The number of rotatable bonds is 6. The van der Waals surface area contributed by atoms with E-state index in [4.69, 9.17) is 14.7 Å². The van der Waals surface area contributed by atoms with Gasteiger partial charge in [-0.15, -0.1) is 0 Å². The zero-order chi connectivity index (χ0) is 34.2. The molecule has 7 aromatic carbocycles. The maximum absolute atomic E-state index is 15.7. The van der Waals surface area contributed by atoms with E-state index in [9.17, 15) is 0 Å². The van der Waals surface area contributed by atoms with E-state index in [0.717, 1.165) is 61.5 Å². The van der Waals surface area contributed by atoms with E-state index >= 15 is 4.39 Å². The van der Waals surface area contributed by atoms with Crippen molar-refractivity contribution in [2.24, 2.45) is 0 Å². The number of hydrogen-bond acceptors (Lipinski definition) is 3. The lowest BCUT2D eigenvalue weighted by molar-refractivity contribution is 0.152. The van der Waals surface area contributed by atoms with Gasteiger partial charge in [0.15, 0.2) is 11.4 Å². The topological polar surface area (TPSA) is 35.0 Å². The van der Waals surface area contributed by atoms with Crippen molar-refractivity contribution in [1.82, 2.24) is 9.97 Å². The van der Waals surface area contributed by atoms with Crippen LogP contribution in [0.15, 0.2) is 188 Å². The lowest BCUT2D eigenvalue weighted by Gasteiger charge is -2.41. The maximum atomic E-state index is 15.7. The van der Waals surface area contributed by atoms with Gasteiger partial charge in [-0.05, 0) is 47.0 Å². The molecule has 1 aliphatic rings. The molecule has 0 atom stereocenters. The molecule has 1 aromatic heterocycles. The minimum Gasteiger partial charge on any atom is -0.472 e. The summed E-state index contributed by atoms with van der Waals surface area (Å²) in [7, 11) is 0. The first-order valence-corrected chi connectivity index (χ1v) is 17.0. The van der Waals surface area contributed by atoms with E-state index < -0.39 is 5.60 Å². The molecule has 0 amide bonds. The SMILES string of the molecule is Fc1cc(-c2ccc3c(c2)OC(c2ccccc2)(c2ccccc2)c2ccccc2-3)cc(-c2cc(-c3ccccc3)nc(-c3ccccc3)n2)c1. The summed E-state index contributed by atoms with van der Waals surface area (Å²) >= 11 is 0. The summed E-state index contributed by atoms with van der Waals surface area (Å²) in [6.07, 6.45) is 0. The van der Waals surface area contributed by atoms with Crippen molar-refractivity contribution in [3.63, 3.8) is 0 Å². The van der Waals surface area contributed by atoms with Crippen molar-refractivity contribution in [2.75, 3.05) is 0 Å². The first kappa shape index (κ1) is 30.4. The molecule has 1 aliphatic heterocycles. The fraction of sp³-hybridized carbons (Fsp3) is 0.0213. The third-order valence-corrected chi connectivity index (χ3v) is 9.56. The summed E-state index contributed by atoms with van der Waals surface area (Å²) in [5.41, 5.74) is 9.80. The Morgan fingerprint density at radius 2 is 0.961 bits per heavy atom. The van der Waals surface area contributed by atoms with Crippen LogP contribution in [0.5, 0.6) is 5.75 Å². The highest BCUT2D eigenvalue weighted by Gasteiger charge is 2.44. The number of fused-ring (bicyclic) bond motifs is 3. The molecular weight excluding hydrogens is 628 g/mol. The molecule has 8 aromatic rings. The van der Waals surface area contributed by atoms with Crippen molar-refractivity contribution in [2.45, 2.75) is 5.60 Å². The summed E-state index contributed by atoms with van der Waals surface area (Å²) in [6.45, 7) is 0. The lowest BCUT2D eigenvalue weighted by atomic mass is 9.75. The quantitative estimate of drug-likeness (QED) is 0.178. The second kappa shape index (κ2) is 12.7. The van der Waals surface area contributed by atoms with Crippen LogP contribution in [-0.4, -0.2) is 9.97 Å². The van der Waals surface area contributed by atoms with Crippen molar-refractivity contribution >= 4 is 0 Å². The molecule has 4 heteroatoms. The molecule has 0 aliphatic carbocycles. The van der Waals surface area contributed by atoms with Crippen LogP contribution in [0.1, 0.15) is 16.7 Å². The summed E-state index contributed by atoms with van der Waals surface area (Å²) < 4.78 is 22.9. The lowest BCUT2D eigenvalue weighted by Crippen LogP contribution is -2.38. The monoisotopic (exact) mass is 658 g/mol. The average Bonchev–Trinajstić information content (AvgIpc) is 3.21. The van der Waals surface area contributed by atoms with Crippen LogP contribution in [-0.2, 0) is 5.60 Å². The van der Waals surface area contributed by atoms with E-state index in [1.807, 2.05) is 121 Å². The normalized spacial score (nSPS) is 12.7. The molecule has 0 N–H and O–H groups in total. The van der Waals surface area contributed by atoms with Gasteiger partial charge in [0.05, 0.1) is 11.4 Å². The van der Waals surface area contributed by atoms with Crippen LogP contribution in [0.3, 0.4) is 0 Å². The van der Waals surface area contributed by atoms with Crippen molar-refractivity contribution < 1.29 is 9.13 Å². The van der Waals surface area contributed by atoms with Gasteiger partial charge < -0.3 is 4.74 Å². The fourth-order valence-corrected chi connectivity index (χ4v) is 7.17. The Bertz CT molecular complexity index is 2400. The Balaban J connectivity index is 1.19. The molecule has 3 nitrogen and oxygen atoms in total. The van der Waals surface area contributed by atoms with Gasteiger partial charge in [-0.2, -0.15) is 0 Å². The predicted octanol–water partition coefficient (Wildman–Crippen LogP) is 11.6. The number of hydrogen-bond donors (Lipinski definition) is 0. The van der Waals surface area contributed by atoms with Crippen LogP contribution in [0.4, 0.5) is 4.39 Å². The van der Waals surface area contributed by atoms with E-state index in [2.05, 4.69) is 54.6 Å². The maximum Gasteiger partial charge on any atom is 0.185 e. The standard InChI is InChI=1S/C47H31FN2O/c48-39-28-35(27-36(29-39)44-31-43(32-15-5-1-6-16-32)49-46(50-44)33-17-7-2-8-18-33)34-25-26-41-40-23-13-14-24-42(40)47(51-45(41)30-34,37-19-9-3-10-20-37)38-21-11-4-12-22-38/h1-31H. The smallest absolute Gasteiger partial charge is 0.185 e. The van der Waals surface area contributed by atoms with Gasteiger partial charge in [-0.1, -0.05) is 158 Å². The summed E-state index contributed by atoms with van der Waals surface area (Å²) in [4.78, 5) is 9.87. The highest BCUT2D eigenvalue weighted by molar-refractivity contribution is 5.83. The van der Waals surface area contributed by atoms with Gasteiger partial charge >= 0.3 is 0 Å². The highest BCUT2D eigenvalue weighted by atomic mass is 19.1. The fourth-order valence-electron chi connectivity index (χ4n) is 7.17. The van der Waals surface area contributed by atoms with E-state index in [1.165, 1.54) is 6.07 Å². The summed E-state index contributed by atoms with van der Waals surface area (Å²) in [5.74, 6) is 0.955. The first-order chi connectivity index (χ1) is 25.2. The zero-order valence-corrected chi connectivity index (χ0v) is 27.6. The Hall–Kier alpha value is -6.65. The van der Waals surface area contributed by atoms with Crippen LogP contribution in [0.25, 0.3) is 56.2 Å². The average molecular weight is 659 g/mol. The number of aromatic nitrogens is 2. The second-order valence-corrected chi connectivity index (χ2v) is 12.7.